The van der Waals surface area contributed by atoms with E-state index in [0.29, 0.717) is 0 Å². The minimum absolute atomic E-state index is 1.50. The average Bonchev–Trinajstić information content (AvgIpc) is 2.47. The van der Waals surface area contributed by atoms with E-state index in [0.717, 1.165) is 0 Å². The van der Waals surface area contributed by atoms with Gasteiger partial charge in [-0.05, 0) is 25.7 Å². The molecule has 0 radical (unpaired) electrons. The monoisotopic (exact) mass is 168 g/mol. The van der Waals surface area contributed by atoms with Gasteiger partial charge in [0.1, 0.15) is 0 Å². The Kier molecular flexibility index (Phi) is 2.69. The highest BCUT2D eigenvalue weighted by atomic mass is 15.4. The maximum Gasteiger partial charge on any atom is 0.0788 e. The first kappa shape index (κ1) is 8.55. The van der Waals surface area contributed by atoms with E-state index in [-0.39, 0.29) is 0 Å². The van der Waals surface area contributed by atoms with E-state index in [1.165, 1.54) is 75.6 Å². The molecule has 0 bridgehead atoms. The van der Waals surface area contributed by atoms with Crippen molar-refractivity contribution in [3.63, 3.8) is 0 Å². The number of nitrogens with zero attached hydrogens (tertiary/aromatic N) is 1. The van der Waals surface area contributed by atoms with Crippen LogP contribution in [0.1, 0.15) is 44.9 Å². The summed E-state index contributed by atoms with van der Waals surface area (Å²) in [5.74, 6) is 0. The second kappa shape index (κ2) is 3.78. The Balaban J connectivity index is 1.92. The molecule has 0 unspecified atom stereocenters. The third-order valence-corrected chi connectivity index (χ3v) is 3.78. The second-order valence-corrected chi connectivity index (χ2v) is 4.71. The van der Waals surface area contributed by atoms with E-state index < -0.39 is 0 Å². The minimum Gasteiger partial charge on any atom is -0.324 e. The lowest BCUT2D eigenvalue weighted by atomic mass is 10.1. The molecule has 0 amide bonds. The fourth-order valence-electron chi connectivity index (χ4n) is 2.99. The summed E-state index contributed by atoms with van der Waals surface area (Å²) >= 11 is 0. The predicted octanol–water partition coefficient (Wildman–Crippen LogP) is 2.56. The molecule has 2 fully saturated rings. The molecule has 0 aromatic carbocycles. The molecule has 0 saturated carbocycles. The molecular weight excluding hydrogens is 146 g/mol. The van der Waals surface area contributed by atoms with Gasteiger partial charge in [0.15, 0.2) is 0 Å². The third kappa shape index (κ3) is 1.82. The van der Waals surface area contributed by atoms with Crippen molar-refractivity contribution in [1.29, 1.82) is 0 Å². The zero-order valence-electron chi connectivity index (χ0n) is 8.23. The summed E-state index contributed by atoms with van der Waals surface area (Å²) in [6, 6.07) is 0. The summed E-state index contributed by atoms with van der Waals surface area (Å²) in [4.78, 5) is 0. The topological polar surface area (TPSA) is 0 Å². The van der Waals surface area contributed by atoms with Crippen LogP contribution in [0.4, 0.5) is 0 Å². The van der Waals surface area contributed by atoms with Crippen LogP contribution in [-0.2, 0) is 0 Å². The summed E-state index contributed by atoms with van der Waals surface area (Å²) < 4.78 is 1.50. The quantitative estimate of drug-likeness (QED) is 0.488. The van der Waals surface area contributed by atoms with Crippen molar-refractivity contribution in [2.45, 2.75) is 44.9 Å². The molecule has 2 aliphatic heterocycles. The summed E-state index contributed by atoms with van der Waals surface area (Å²) in [6.07, 6.45) is 10.5. The van der Waals surface area contributed by atoms with Gasteiger partial charge in [0, 0.05) is 12.8 Å². The molecule has 0 aliphatic carbocycles. The second-order valence-electron chi connectivity index (χ2n) is 4.71. The molecule has 1 spiro atoms. The Morgan fingerprint density at radius 1 is 0.417 bits per heavy atom. The van der Waals surface area contributed by atoms with Crippen molar-refractivity contribution in [1.82, 2.24) is 0 Å². The van der Waals surface area contributed by atoms with Crippen LogP contribution in [0.5, 0.6) is 0 Å². The van der Waals surface area contributed by atoms with E-state index in [2.05, 4.69) is 0 Å². The molecule has 0 aromatic rings. The number of hydrogen-bond donors (Lipinski definition) is 0. The van der Waals surface area contributed by atoms with E-state index in [1.54, 1.807) is 0 Å². The number of quaternary nitrogens is 1. The van der Waals surface area contributed by atoms with Crippen LogP contribution in [0.2, 0.25) is 0 Å². The fourth-order valence-corrected chi connectivity index (χ4v) is 2.99. The number of rotatable bonds is 0. The maximum atomic E-state index is 1.50. The molecule has 12 heavy (non-hydrogen) atoms. The van der Waals surface area contributed by atoms with Crippen LogP contribution < -0.4 is 0 Å². The first-order valence-electron chi connectivity index (χ1n) is 5.76. The highest BCUT2D eigenvalue weighted by Crippen LogP contribution is 2.24. The van der Waals surface area contributed by atoms with Crippen molar-refractivity contribution in [3.05, 3.63) is 0 Å². The molecule has 2 saturated heterocycles. The number of hydrogen-bond acceptors (Lipinski definition) is 0. The Labute approximate surface area is 76.3 Å². The van der Waals surface area contributed by atoms with Crippen LogP contribution in [0.3, 0.4) is 0 Å². The van der Waals surface area contributed by atoms with Gasteiger partial charge in [0.05, 0.1) is 26.2 Å². The van der Waals surface area contributed by atoms with E-state index >= 15 is 0 Å². The highest BCUT2D eigenvalue weighted by molar-refractivity contribution is 4.58. The lowest BCUT2D eigenvalue weighted by Gasteiger charge is -2.35. The normalized spacial score (nSPS) is 30.0. The van der Waals surface area contributed by atoms with Gasteiger partial charge in [-0.3, -0.25) is 0 Å². The zero-order valence-corrected chi connectivity index (χ0v) is 8.23. The first-order chi connectivity index (χ1) is 5.91. The van der Waals surface area contributed by atoms with E-state index in [1.807, 2.05) is 0 Å². The van der Waals surface area contributed by atoms with Crippen molar-refractivity contribution in [3.8, 4) is 0 Å². The van der Waals surface area contributed by atoms with Gasteiger partial charge in [-0.25, -0.2) is 0 Å². The van der Waals surface area contributed by atoms with Crippen LogP contribution in [0.25, 0.3) is 0 Å². The Morgan fingerprint density at radius 2 is 0.750 bits per heavy atom. The van der Waals surface area contributed by atoms with Gasteiger partial charge < -0.3 is 4.48 Å². The largest absolute Gasteiger partial charge is 0.324 e. The molecule has 2 heterocycles. The van der Waals surface area contributed by atoms with Gasteiger partial charge in [0.2, 0.25) is 0 Å². The summed E-state index contributed by atoms with van der Waals surface area (Å²) in [5.41, 5.74) is 0. The third-order valence-electron chi connectivity index (χ3n) is 3.78. The van der Waals surface area contributed by atoms with Crippen LogP contribution >= 0.6 is 0 Å². The van der Waals surface area contributed by atoms with Crippen molar-refractivity contribution in [2.24, 2.45) is 0 Å². The maximum absolute atomic E-state index is 1.50. The van der Waals surface area contributed by atoms with Gasteiger partial charge in [0.25, 0.3) is 0 Å². The molecular formula is C11H22N+. The van der Waals surface area contributed by atoms with Crippen LogP contribution in [0.15, 0.2) is 0 Å². The Morgan fingerprint density at radius 3 is 1.25 bits per heavy atom. The highest BCUT2D eigenvalue weighted by Gasteiger charge is 2.31. The molecule has 2 rings (SSSR count). The average molecular weight is 168 g/mol. The van der Waals surface area contributed by atoms with Gasteiger partial charge in [-0.2, -0.15) is 0 Å². The van der Waals surface area contributed by atoms with Crippen molar-refractivity contribution >= 4 is 0 Å². The molecule has 70 valence electrons. The molecule has 2 aliphatic rings. The van der Waals surface area contributed by atoms with Crippen LogP contribution in [-0.4, -0.2) is 30.7 Å². The van der Waals surface area contributed by atoms with Crippen molar-refractivity contribution < 1.29 is 4.48 Å². The lowest BCUT2D eigenvalue weighted by molar-refractivity contribution is -0.917. The Hall–Kier alpha value is -0.0400. The van der Waals surface area contributed by atoms with Crippen molar-refractivity contribution in [2.75, 3.05) is 26.2 Å². The summed E-state index contributed by atoms with van der Waals surface area (Å²) in [5, 5.41) is 0. The smallest absolute Gasteiger partial charge is 0.0788 e. The fraction of sp³-hybridized carbons (Fsp3) is 1.00. The van der Waals surface area contributed by atoms with E-state index in [9.17, 15) is 0 Å². The molecule has 0 atom stereocenters. The zero-order chi connectivity index (χ0) is 8.28. The van der Waals surface area contributed by atoms with E-state index in [4.69, 9.17) is 0 Å². The van der Waals surface area contributed by atoms with Gasteiger partial charge in [-0.15, -0.1) is 0 Å². The molecule has 0 aromatic heterocycles. The van der Waals surface area contributed by atoms with Crippen LogP contribution in [0, 0.1) is 0 Å². The molecule has 1 nitrogen and oxygen atoms in total. The first-order valence-corrected chi connectivity index (χ1v) is 5.76. The summed E-state index contributed by atoms with van der Waals surface area (Å²) in [7, 11) is 0. The minimum atomic E-state index is 1.50. The Bertz CT molecular complexity index is 126. The standard InChI is InChI=1S/C11H22N/c1-2-4-8-12(9-5-3-1)10-6-7-11-12/h1-11H2/q+1. The molecule has 1 heteroatoms. The molecule has 0 N–H and O–H groups in total. The van der Waals surface area contributed by atoms with Gasteiger partial charge in [-0.1, -0.05) is 6.42 Å². The predicted molar refractivity (Wildman–Crippen MR) is 52.0 cm³/mol. The van der Waals surface area contributed by atoms with Gasteiger partial charge >= 0.3 is 0 Å². The lowest BCUT2D eigenvalue weighted by Crippen LogP contribution is -2.47. The summed E-state index contributed by atoms with van der Waals surface area (Å²) in [6.45, 7) is 6.00. The SMILES string of the molecule is C1CCC[N+]2(CCC1)CCCC2.